The fourth-order valence-corrected chi connectivity index (χ4v) is 1.50. The summed E-state index contributed by atoms with van der Waals surface area (Å²) in [5, 5.41) is 1.09. The lowest BCUT2D eigenvalue weighted by molar-refractivity contribution is 0.305. The van der Waals surface area contributed by atoms with Gasteiger partial charge in [-0.15, -0.1) is 0 Å². The minimum Gasteiger partial charge on any atom is -0.494 e. The van der Waals surface area contributed by atoms with E-state index in [9.17, 15) is 0 Å². The Morgan fingerprint density at radius 3 is 2.53 bits per heavy atom. The van der Waals surface area contributed by atoms with Gasteiger partial charge in [-0.05, 0) is 18.6 Å². The van der Waals surface area contributed by atoms with Crippen molar-refractivity contribution in [3.63, 3.8) is 0 Å². The van der Waals surface area contributed by atoms with Crippen molar-refractivity contribution < 1.29 is 4.74 Å². The van der Waals surface area contributed by atoms with Crippen LogP contribution in [0.4, 0.5) is 0 Å². The zero-order valence-corrected chi connectivity index (χ0v) is 10.2. The molecule has 0 aliphatic rings. The van der Waals surface area contributed by atoms with Gasteiger partial charge in [0.05, 0.1) is 16.7 Å². The van der Waals surface area contributed by atoms with E-state index in [4.69, 9.17) is 27.9 Å². The van der Waals surface area contributed by atoms with E-state index in [1.807, 2.05) is 6.07 Å². The van der Waals surface area contributed by atoms with Gasteiger partial charge >= 0.3 is 0 Å². The summed E-state index contributed by atoms with van der Waals surface area (Å²) in [6.45, 7) is 4.51. The Labute approximate surface area is 101 Å². The summed E-state index contributed by atoms with van der Waals surface area (Å²) in [7, 11) is 0. The van der Waals surface area contributed by atoms with E-state index in [1.165, 1.54) is 0 Å². The number of ether oxygens (including phenoxy) is 1. The molecular formula is C12H15Cl2O. The molecule has 0 N–H and O–H groups in total. The van der Waals surface area contributed by atoms with Gasteiger partial charge in [0, 0.05) is 6.07 Å². The molecule has 0 aliphatic carbocycles. The highest BCUT2D eigenvalue weighted by atomic mass is 35.5. The molecule has 0 fully saturated rings. The third-order valence-electron chi connectivity index (χ3n) is 2.05. The first-order valence-electron chi connectivity index (χ1n) is 5.11. The zero-order chi connectivity index (χ0) is 11.1. The lowest BCUT2D eigenvalue weighted by Crippen LogP contribution is -1.96. The number of unbranched alkanes of at least 4 members (excludes halogenated alkanes) is 3. The van der Waals surface area contributed by atoms with Crippen LogP contribution in [0.3, 0.4) is 0 Å². The predicted molar refractivity (Wildman–Crippen MR) is 65.8 cm³/mol. The molecule has 15 heavy (non-hydrogen) atoms. The van der Waals surface area contributed by atoms with Gasteiger partial charge in [0.15, 0.2) is 0 Å². The minimum absolute atomic E-state index is 0.534. The van der Waals surface area contributed by atoms with Crippen LogP contribution in [0.2, 0.25) is 10.0 Å². The summed E-state index contributed by atoms with van der Waals surface area (Å²) in [5.41, 5.74) is 0. The average molecular weight is 246 g/mol. The van der Waals surface area contributed by atoms with Crippen molar-refractivity contribution in [2.24, 2.45) is 0 Å². The van der Waals surface area contributed by atoms with Crippen molar-refractivity contribution in [2.45, 2.75) is 25.7 Å². The van der Waals surface area contributed by atoms with Crippen LogP contribution in [0.5, 0.6) is 5.75 Å². The molecule has 0 heterocycles. The minimum atomic E-state index is 0.534. The SMILES string of the molecule is [CH2]CCCCCOc1ccc(Cl)c(Cl)c1. The van der Waals surface area contributed by atoms with Gasteiger partial charge in [-0.25, -0.2) is 0 Å². The predicted octanol–water partition coefficient (Wildman–Crippen LogP) is 4.77. The van der Waals surface area contributed by atoms with Crippen LogP contribution < -0.4 is 4.74 Å². The Kier molecular flexibility index (Phi) is 5.89. The van der Waals surface area contributed by atoms with Crippen molar-refractivity contribution in [2.75, 3.05) is 6.61 Å². The number of hydrogen-bond acceptors (Lipinski definition) is 1. The third kappa shape index (κ3) is 4.76. The Hall–Kier alpha value is -0.400. The normalized spacial score (nSPS) is 10.3. The molecule has 0 bridgehead atoms. The lowest BCUT2D eigenvalue weighted by atomic mass is 10.2. The maximum absolute atomic E-state index is 5.86. The highest BCUT2D eigenvalue weighted by molar-refractivity contribution is 6.42. The molecule has 0 unspecified atom stereocenters. The molecule has 1 radical (unpaired) electrons. The first kappa shape index (κ1) is 12.7. The molecule has 0 amide bonds. The van der Waals surface area contributed by atoms with E-state index in [2.05, 4.69) is 6.92 Å². The molecule has 1 aromatic rings. The molecule has 83 valence electrons. The van der Waals surface area contributed by atoms with Crippen molar-refractivity contribution in [1.82, 2.24) is 0 Å². The Morgan fingerprint density at radius 2 is 1.87 bits per heavy atom. The van der Waals surface area contributed by atoms with Gasteiger partial charge in [-0.3, -0.25) is 0 Å². The lowest BCUT2D eigenvalue weighted by Gasteiger charge is -2.06. The molecule has 1 aromatic carbocycles. The van der Waals surface area contributed by atoms with E-state index < -0.39 is 0 Å². The van der Waals surface area contributed by atoms with Crippen molar-refractivity contribution >= 4 is 23.2 Å². The average Bonchev–Trinajstić information content (AvgIpc) is 2.23. The van der Waals surface area contributed by atoms with Gasteiger partial charge < -0.3 is 4.74 Å². The zero-order valence-electron chi connectivity index (χ0n) is 8.64. The van der Waals surface area contributed by atoms with E-state index in [-0.39, 0.29) is 0 Å². The van der Waals surface area contributed by atoms with E-state index >= 15 is 0 Å². The first-order chi connectivity index (χ1) is 7.24. The fraction of sp³-hybridized carbons (Fsp3) is 0.417. The second kappa shape index (κ2) is 6.97. The van der Waals surface area contributed by atoms with Crippen LogP contribution in [-0.4, -0.2) is 6.61 Å². The van der Waals surface area contributed by atoms with Crippen molar-refractivity contribution in [1.29, 1.82) is 0 Å². The molecule has 0 saturated heterocycles. The van der Waals surface area contributed by atoms with E-state index in [1.54, 1.807) is 12.1 Å². The van der Waals surface area contributed by atoms with Crippen LogP contribution in [0.15, 0.2) is 18.2 Å². The maximum Gasteiger partial charge on any atom is 0.120 e. The standard InChI is InChI=1S/C12H15Cl2O/c1-2-3-4-5-8-15-10-6-7-11(13)12(14)9-10/h6-7,9H,1-5,8H2. The van der Waals surface area contributed by atoms with Gasteiger partial charge in [0.1, 0.15) is 5.75 Å². The number of hydrogen-bond donors (Lipinski definition) is 0. The maximum atomic E-state index is 5.86. The van der Waals surface area contributed by atoms with Crippen LogP contribution in [0.25, 0.3) is 0 Å². The van der Waals surface area contributed by atoms with Gasteiger partial charge in [-0.2, -0.15) is 0 Å². The molecule has 0 aliphatic heterocycles. The Balaban J connectivity index is 2.28. The fourth-order valence-electron chi connectivity index (χ4n) is 1.21. The summed E-state index contributed by atoms with van der Waals surface area (Å²) < 4.78 is 5.52. The smallest absolute Gasteiger partial charge is 0.120 e. The number of rotatable bonds is 6. The summed E-state index contributed by atoms with van der Waals surface area (Å²) in [4.78, 5) is 0. The highest BCUT2D eigenvalue weighted by Gasteiger charge is 1.99. The molecule has 0 spiro atoms. The van der Waals surface area contributed by atoms with Gasteiger partial charge in [-0.1, -0.05) is 49.4 Å². The summed E-state index contributed by atoms with van der Waals surface area (Å²) in [5.74, 6) is 0.777. The largest absolute Gasteiger partial charge is 0.494 e. The number of halogens is 2. The van der Waals surface area contributed by atoms with Crippen molar-refractivity contribution in [3.8, 4) is 5.75 Å². The van der Waals surface area contributed by atoms with Crippen LogP contribution in [-0.2, 0) is 0 Å². The van der Waals surface area contributed by atoms with Crippen LogP contribution >= 0.6 is 23.2 Å². The molecule has 1 rings (SSSR count). The topological polar surface area (TPSA) is 9.23 Å². The quantitative estimate of drug-likeness (QED) is 0.657. The van der Waals surface area contributed by atoms with Crippen LogP contribution in [0.1, 0.15) is 25.7 Å². The summed E-state index contributed by atoms with van der Waals surface area (Å²) in [6.07, 6.45) is 4.36. The molecule has 1 nitrogen and oxygen atoms in total. The van der Waals surface area contributed by atoms with Crippen LogP contribution in [0, 0.1) is 6.92 Å². The second-order valence-corrected chi connectivity index (χ2v) is 4.15. The van der Waals surface area contributed by atoms with Gasteiger partial charge in [0.25, 0.3) is 0 Å². The molecule has 0 aromatic heterocycles. The number of benzene rings is 1. The Bertz CT molecular complexity index is 300. The summed E-state index contributed by atoms with van der Waals surface area (Å²) in [6, 6.07) is 5.32. The first-order valence-corrected chi connectivity index (χ1v) is 5.86. The summed E-state index contributed by atoms with van der Waals surface area (Å²) >= 11 is 11.6. The van der Waals surface area contributed by atoms with E-state index in [0.717, 1.165) is 38.0 Å². The van der Waals surface area contributed by atoms with Gasteiger partial charge in [0.2, 0.25) is 0 Å². The molecule has 0 saturated carbocycles. The van der Waals surface area contributed by atoms with E-state index in [0.29, 0.717) is 10.0 Å². The molecule has 3 heteroatoms. The Morgan fingerprint density at radius 1 is 1.07 bits per heavy atom. The second-order valence-electron chi connectivity index (χ2n) is 3.34. The molecule has 0 atom stereocenters. The monoisotopic (exact) mass is 245 g/mol. The highest BCUT2D eigenvalue weighted by Crippen LogP contribution is 2.26. The molecular weight excluding hydrogens is 231 g/mol. The van der Waals surface area contributed by atoms with Crippen molar-refractivity contribution in [3.05, 3.63) is 35.2 Å². The third-order valence-corrected chi connectivity index (χ3v) is 2.79.